The van der Waals surface area contributed by atoms with Crippen molar-refractivity contribution >= 4 is 0 Å². The van der Waals surface area contributed by atoms with Crippen LogP contribution in [0.2, 0.25) is 0 Å². The van der Waals surface area contributed by atoms with Crippen LogP contribution in [-0.4, -0.2) is 37.2 Å². The van der Waals surface area contributed by atoms with Crippen LogP contribution in [0.1, 0.15) is 68.2 Å². The second-order valence-corrected chi connectivity index (χ2v) is 11.7. The first kappa shape index (κ1) is 25.0. The molecular weight excluding hydrogens is 440 g/mol. The minimum absolute atomic E-state index is 0.113. The van der Waals surface area contributed by atoms with E-state index in [2.05, 4.69) is 110 Å². The van der Waals surface area contributed by atoms with Gasteiger partial charge in [0.2, 0.25) is 0 Å². The Morgan fingerprint density at radius 3 is 2.17 bits per heavy atom. The number of hydrogen-bond acceptors (Lipinski definition) is 3. The second-order valence-electron chi connectivity index (χ2n) is 11.7. The van der Waals surface area contributed by atoms with E-state index in [9.17, 15) is 0 Å². The number of hydrogen-bond donors (Lipinski definition) is 1. The molecule has 0 spiro atoms. The van der Waals surface area contributed by atoms with Gasteiger partial charge in [0.15, 0.2) is 0 Å². The van der Waals surface area contributed by atoms with E-state index in [1.807, 2.05) is 0 Å². The third-order valence-corrected chi connectivity index (χ3v) is 8.44. The summed E-state index contributed by atoms with van der Waals surface area (Å²) < 4.78 is 5.80. The first-order valence-corrected chi connectivity index (χ1v) is 13.7. The Labute approximate surface area is 217 Å². The number of rotatable bonds is 7. The first-order chi connectivity index (χ1) is 17.5. The van der Waals surface area contributed by atoms with E-state index < -0.39 is 0 Å². The van der Waals surface area contributed by atoms with Crippen molar-refractivity contribution in [1.29, 1.82) is 0 Å². The van der Waals surface area contributed by atoms with Crippen LogP contribution in [-0.2, 0) is 12.0 Å². The van der Waals surface area contributed by atoms with Gasteiger partial charge in [-0.1, -0.05) is 93.6 Å². The van der Waals surface area contributed by atoms with Crippen molar-refractivity contribution in [2.45, 2.75) is 70.0 Å². The van der Waals surface area contributed by atoms with Gasteiger partial charge in [-0.3, -0.25) is 4.90 Å². The summed E-state index contributed by atoms with van der Waals surface area (Å²) in [5.74, 6) is 2.02. The highest BCUT2D eigenvalue weighted by atomic mass is 16.5. The van der Waals surface area contributed by atoms with Crippen LogP contribution in [0.25, 0.3) is 0 Å². The molecule has 0 saturated carbocycles. The lowest BCUT2D eigenvalue weighted by Crippen LogP contribution is -2.58. The predicted octanol–water partition coefficient (Wildman–Crippen LogP) is 6.77. The van der Waals surface area contributed by atoms with Gasteiger partial charge in [-0.2, -0.15) is 0 Å². The molecule has 2 bridgehead atoms. The Hall–Kier alpha value is -2.62. The van der Waals surface area contributed by atoms with E-state index in [0.29, 0.717) is 23.9 Å². The summed E-state index contributed by atoms with van der Waals surface area (Å²) in [6.45, 7) is 10.1. The molecule has 0 aromatic heterocycles. The summed E-state index contributed by atoms with van der Waals surface area (Å²) in [4.78, 5) is 2.79. The van der Waals surface area contributed by atoms with E-state index in [1.165, 1.54) is 54.6 Å². The van der Waals surface area contributed by atoms with Gasteiger partial charge >= 0.3 is 0 Å². The zero-order valence-electron chi connectivity index (χ0n) is 22.4. The molecule has 4 atom stereocenters. The fourth-order valence-electron chi connectivity index (χ4n) is 6.53. The van der Waals surface area contributed by atoms with Crippen molar-refractivity contribution in [2.24, 2.45) is 5.92 Å². The Morgan fingerprint density at radius 2 is 1.56 bits per heavy atom. The minimum Gasteiger partial charge on any atom is -0.496 e. The Bertz CT molecular complexity index is 1080. The van der Waals surface area contributed by atoms with Crippen molar-refractivity contribution in [1.82, 2.24) is 10.2 Å². The average Bonchev–Trinajstić information content (AvgIpc) is 3.23. The van der Waals surface area contributed by atoms with Gasteiger partial charge in [-0.25, -0.2) is 0 Å². The highest BCUT2D eigenvalue weighted by Crippen LogP contribution is 2.41. The van der Waals surface area contributed by atoms with Crippen LogP contribution in [0.5, 0.6) is 5.75 Å². The van der Waals surface area contributed by atoms with Crippen molar-refractivity contribution < 1.29 is 4.74 Å². The molecule has 3 fully saturated rings. The quantitative estimate of drug-likeness (QED) is 0.402. The predicted molar refractivity (Wildman–Crippen MR) is 150 cm³/mol. The third kappa shape index (κ3) is 5.23. The standard InChI is InChI=1S/C33H42N2O/c1-33(2,3)28-17-18-29(36-4)27(22-28)23-34-31-26-16-11-20-35(21-19-26)32(31)30(24-12-7-5-8-13-24)25-14-9-6-10-15-25/h5-10,12-15,17-18,22,26,30-32,34H,11,16,19-21,23H2,1-4H3/t26?,31-,32-/m0/s1. The highest BCUT2D eigenvalue weighted by molar-refractivity contribution is 5.40. The summed E-state index contributed by atoms with van der Waals surface area (Å²) in [6.07, 6.45) is 3.88. The average molecular weight is 483 g/mol. The Kier molecular flexibility index (Phi) is 7.50. The minimum atomic E-state index is 0.113. The first-order valence-electron chi connectivity index (χ1n) is 13.7. The number of nitrogens with zero attached hydrogens (tertiary/aromatic N) is 1. The van der Waals surface area contributed by atoms with Crippen LogP contribution in [0.3, 0.4) is 0 Å². The summed E-state index contributed by atoms with van der Waals surface area (Å²) in [6, 6.07) is 29.9. The van der Waals surface area contributed by atoms with Crippen LogP contribution in [0.15, 0.2) is 78.9 Å². The van der Waals surface area contributed by atoms with Crippen LogP contribution in [0.4, 0.5) is 0 Å². The molecule has 3 aromatic carbocycles. The molecule has 0 amide bonds. The molecule has 1 N–H and O–H groups in total. The summed E-state index contributed by atoms with van der Waals surface area (Å²) in [5.41, 5.74) is 5.56. The van der Waals surface area contributed by atoms with Gasteiger partial charge in [0.05, 0.1) is 7.11 Å². The van der Waals surface area contributed by atoms with E-state index in [-0.39, 0.29) is 5.41 Å². The van der Waals surface area contributed by atoms with Crippen molar-refractivity contribution in [2.75, 3.05) is 20.2 Å². The summed E-state index contributed by atoms with van der Waals surface area (Å²) in [5, 5.41) is 4.11. The molecule has 3 aliphatic heterocycles. The number of ether oxygens (including phenoxy) is 1. The van der Waals surface area contributed by atoms with E-state index >= 15 is 0 Å². The molecule has 190 valence electrons. The largest absolute Gasteiger partial charge is 0.496 e. The van der Waals surface area contributed by atoms with E-state index in [4.69, 9.17) is 4.74 Å². The molecule has 0 radical (unpaired) electrons. The van der Waals surface area contributed by atoms with Gasteiger partial charge < -0.3 is 10.1 Å². The lowest BCUT2D eigenvalue weighted by atomic mass is 9.74. The number of methoxy groups -OCH3 is 1. The fourth-order valence-corrected chi connectivity index (χ4v) is 6.53. The number of piperidine rings is 1. The molecule has 3 aromatic rings. The smallest absolute Gasteiger partial charge is 0.123 e. The summed E-state index contributed by atoms with van der Waals surface area (Å²) in [7, 11) is 1.79. The van der Waals surface area contributed by atoms with Crippen LogP contribution in [0, 0.1) is 5.92 Å². The molecule has 3 nitrogen and oxygen atoms in total. The van der Waals surface area contributed by atoms with Crippen molar-refractivity contribution in [3.63, 3.8) is 0 Å². The Morgan fingerprint density at radius 1 is 0.889 bits per heavy atom. The SMILES string of the molecule is COc1ccc(C(C)(C)C)cc1CN[C@H]1C2CCCN(CC2)[C@H]1C(c1ccccc1)c1ccccc1. The molecule has 3 heterocycles. The monoisotopic (exact) mass is 482 g/mol. The maximum atomic E-state index is 5.80. The van der Waals surface area contributed by atoms with Gasteiger partial charge in [-0.15, -0.1) is 0 Å². The molecule has 0 aliphatic carbocycles. The van der Waals surface area contributed by atoms with Crippen molar-refractivity contribution in [3.8, 4) is 5.75 Å². The highest BCUT2D eigenvalue weighted by Gasteiger charge is 2.44. The molecule has 3 aliphatic rings. The normalized spacial score (nSPS) is 24.0. The Balaban J connectivity index is 1.51. The number of nitrogens with one attached hydrogen (secondary N) is 1. The number of fused-ring (bicyclic) bond motifs is 4. The van der Waals surface area contributed by atoms with Crippen LogP contribution < -0.4 is 10.1 Å². The zero-order chi connectivity index (χ0) is 25.1. The van der Waals surface area contributed by atoms with Gasteiger partial charge in [0, 0.05) is 30.1 Å². The lowest BCUT2D eigenvalue weighted by molar-refractivity contribution is 0.0860. The maximum absolute atomic E-state index is 5.80. The van der Waals surface area contributed by atoms with Gasteiger partial charge in [0.1, 0.15) is 5.75 Å². The summed E-state index contributed by atoms with van der Waals surface area (Å²) >= 11 is 0. The van der Waals surface area contributed by atoms with Gasteiger partial charge in [-0.05, 0) is 66.4 Å². The van der Waals surface area contributed by atoms with Gasteiger partial charge in [0.25, 0.3) is 0 Å². The van der Waals surface area contributed by atoms with E-state index in [1.54, 1.807) is 7.11 Å². The van der Waals surface area contributed by atoms with Crippen molar-refractivity contribution in [3.05, 3.63) is 101 Å². The molecule has 3 heteroatoms. The second kappa shape index (κ2) is 10.8. The zero-order valence-corrected chi connectivity index (χ0v) is 22.4. The van der Waals surface area contributed by atoms with Crippen LogP contribution >= 0.6 is 0 Å². The topological polar surface area (TPSA) is 24.5 Å². The fraction of sp³-hybridized carbons (Fsp3) is 0.455. The molecule has 6 rings (SSSR count). The molecule has 3 saturated heterocycles. The lowest BCUT2D eigenvalue weighted by Gasteiger charge is -2.47. The maximum Gasteiger partial charge on any atom is 0.123 e. The number of benzene rings is 3. The third-order valence-electron chi connectivity index (χ3n) is 8.44. The molecular formula is C33H42N2O. The molecule has 36 heavy (non-hydrogen) atoms. The van der Waals surface area contributed by atoms with E-state index in [0.717, 1.165) is 12.3 Å². The molecule has 2 unspecified atom stereocenters.